The molecule has 0 unspecified atom stereocenters. The van der Waals surface area contributed by atoms with Gasteiger partial charge in [-0.15, -0.1) is 0 Å². The number of fused-ring (bicyclic) bond motifs is 1. The molecular formula is C21H18N4O2S. The van der Waals surface area contributed by atoms with Gasteiger partial charge >= 0.3 is 0 Å². The van der Waals surface area contributed by atoms with Crippen LogP contribution < -0.4 is 5.56 Å². The van der Waals surface area contributed by atoms with Crippen molar-refractivity contribution in [1.29, 1.82) is 0 Å². The summed E-state index contributed by atoms with van der Waals surface area (Å²) in [6.07, 6.45) is 2.04. The van der Waals surface area contributed by atoms with Gasteiger partial charge in [0, 0.05) is 11.6 Å². The second kappa shape index (κ2) is 6.91. The van der Waals surface area contributed by atoms with E-state index in [-0.39, 0.29) is 11.6 Å². The first kappa shape index (κ1) is 17.2. The Kier molecular flexibility index (Phi) is 4.24. The van der Waals surface area contributed by atoms with Crippen LogP contribution in [0.4, 0.5) is 0 Å². The number of hydrogen-bond acceptors (Lipinski definition) is 6. The molecule has 0 N–H and O–H groups in total. The fraction of sp³-hybridized carbons (Fsp3) is 0.238. The number of nitrogens with zero attached hydrogens (tertiary/aromatic N) is 4. The van der Waals surface area contributed by atoms with Crippen LogP contribution in [0.3, 0.4) is 0 Å². The molecular weight excluding hydrogens is 372 g/mol. The third-order valence-corrected chi connectivity index (χ3v) is 5.80. The van der Waals surface area contributed by atoms with Crippen LogP contribution in [0.5, 0.6) is 0 Å². The first-order valence-corrected chi connectivity index (χ1v) is 10.2. The monoisotopic (exact) mass is 390 g/mol. The standard InChI is InChI=1S/C21H18N4O2S/c1-13-6-2-3-7-15(13)19-23-18(27-24-19)12-28-21-22-17-9-5-4-8-16(17)20(26)25(21)14-10-11-14/h2-9,14H,10-12H2,1H3. The Morgan fingerprint density at radius 1 is 1.11 bits per heavy atom. The molecule has 2 aromatic heterocycles. The molecule has 5 rings (SSSR count). The summed E-state index contributed by atoms with van der Waals surface area (Å²) >= 11 is 1.47. The van der Waals surface area contributed by atoms with Gasteiger partial charge in [-0.1, -0.05) is 53.3 Å². The van der Waals surface area contributed by atoms with E-state index >= 15 is 0 Å². The Morgan fingerprint density at radius 2 is 1.89 bits per heavy atom. The second-order valence-corrected chi connectivity index (χ2v) is 7.88. The van der Waals surface area contributed by atoms with Gasteiger partial charge in [0.25, 0.3) is 5.56 Å². The molecule has 0 amide bonds. The van der Waals surface area contributed by atoms with E-state index in [1.165, 1.54) is 11.8 Å². The summed E-state index contributed by atoms with van der Waals surface area (Å²) in [7, 11) is 0. The average molecular weight is 390 g/mol. The molecule has 0 saturated heterocycles. The largest absolute Gasteiger partial charge is 0.338 e. The summed E-state index contributed by atoms with van der Waals surface area (Å²) < 4.78 is 7.26. The van der Waals surface area contributed by atoms with E-state index in [0.29, 0.717) is 28.0 Å². The maximum atomic E-state index is 12.9. The first-order chi connectivity index (χ1) is 13.7. The van der Waals surface area contributed by atoms with Gasteiger partial charge in [-0.3, -0.25) is 9.36 Å². The van der Waals surface area contributed by atoms with Gasteiger partial charge in [0.15, 0.2) is 5.16 Å². The van der Waals surface area contributed by atoms with Crippen LogP contribution in [-0.4, -0.2) is 19.7 Å². The predicted molar refractivity (Wildman–Crippen MR) is 108 cm³/mol. The Morgan fingerprint density at radius 3 is 2.71 bits per heavy atom. The van der Waals surface area contributed by atoms with E-state index in [0.717, 1.165) is 29.5 Å². The Bertz CT molecular complexity index is 1230. The smallest absolute Gasteiger partial charge is 0.262 e. The van der Waals surface area contributed by atoms with Gasteiger partial charge in [-0.25, -0.2) is 4.98 Å². The van der Waals surface area contributed by atoms with Gasteiger partial charge in [0.05, 0.1) is 16.7 Å². The highest BCUT2D eigenvalue weighted by atomic mass is 32.2. The van der Waals surface area contributed by atoms with Crippen molar-refractivity contribution >= 4 is 22.7 Å². The lowest BCUT2D eigenvalue weighted by atomic mass is 10.1. The topological polar surface area (TPSA) is 73.8 Å². The van der Waals surface area contributed by atoms with Crippen molar-refractivity contribution in [3.63, 3.8) is 0 Å². The highest BCUT2D eigenvalue weighted by Gasteiger charge is 2.28. The number of benzene rings is 2. The molecule has 6 nitrogen and oxygen atoms in total. The molecule has 1 saturated carbocycles. The van der Waals surface area contributed by atoms with Crippen molar-refractivity contribution in [2.45, 2.75) is 36.7 Å². The number of rotatable bonds is 5. The summed E-state index contributed by atoms with van der Waals surface area (Å²) in [5.41, 5.74) is 2.81. The molecule has 0 spiro atoms. The summed E-state index contributed by atoms with van der Waals surface area (Å²) in [5, 5.41) is 5.48. The summed E-state index contributed by atoms with van der Waals surface area (Å²) in [6, 6.07) is 15.7. The van der Waals surface area contributed by atoms with E-state index < -0.39 is 0 Å². The number of aromatic nitrogens is 4. The molecule has 140 valence electrons. The fourth-order valence-corrected chi connectivity index (χ4v) is 4.16. The quantitative estimate of drug-likeness (QED) is 0.372. The van der Waals surface area contributed by atoms with E-state index in [9.17, 15) is 4.79 Å². The van der Waals surface area contributed by atoms with Crippen LogP contribution in [0.25, 0.3) is 22.3 Å². The lowest BCUT2D eigenvalue weighted by Crippen LogP contribution is -2.22. The molecule has 0 atom stereocenters. The lowest BCUT2D eigenvalue weighted by Gasteiger charge is -2.11. The van der Waals surface area contributed by atoms with Gasteiger partial charge in [-0.2, -0.15) is 4.98 Å². The number of hydrogen-bond donors (Lipinski definition) is 0. The van der Waals surface area contributed by atoms with Crippen LogP contribution in [0, 0.1) is 6.92 Å². The SMILES string of the molecule is Cc1ccccc1-c1noc(CSc2nc3ccccc3c(=O)n2C2CC2)n1. The van der Waals surface area contributed by atoms with E-state index in [4.69, 9.17) is 9.51 Å². The molecule has 2 heterocycles. The second-order valence-electron chi connectivity index (χ2n) is 6.93. The molecule has 0 bridgehead atoms. The van der Waals surface area contributed by atoms with Crippen molar-refractivity contribution in [2.24, 2.45) is 0 Å². The Labute approximate surface area is 165 Å². The average Bonchev–Trinajstić information content (AvgIpc) is 3.44. The minimum absolute atomic E-state index is 0.0294. The Balaban J connectivity index is 1.45. The van der Waals surface area contributed by atoms with E-state index in [1.807, 2.05) is 60.0 Å². The van der Waals surface area contributed by atoms with Crippen LogP contribution in [-0.2, 0) is 5.75 Å². The zero-order valence-electron chi connectivity index (χ0n) is 15.3. The van der Waals surface area contributed by atoms with Crippen molar-refractivity contribution in [2.75, 3.05) is 0 Å². The lowest BCUT2D eigenvalue weighted by molar-refractivity contribution is 0.391. The molecule has 1 aliphatic rings. The maximum Gasteiger partial charge on any atom is 0.262 e. The number of aryl methyl sites for hydroxylation is 1. The van der Waals surface area contributed by atoms with E-state index in [2.05, 4.69) is 10.1 Å². The van der Waals surface area contributed by atoms with Gasteiger partial charge < -0.3 is 4.52 Å². The summed E-state index contributed by atoms with van der Waals surface area (Å²) in [4.78, 5) is 22.2. The highest BCUT2D eigenvalue weighted by molar-refractivity contribution is 7.98. The summed E-state index contributed by atoms with van der Waals surface area (Å²) in [6.45, 7) is 2.02. The zero-order chi connectivity index (χ0) is 19.1. The number of thioether (sulfide) groups is 1. The molecule has 7 heteroatoms. The van der Waals surface area contributed by atoms with Crippen LogP contribution in [0.1, 0.15) is 30.3 Å². The molecule has 1 aliphatic carbocycles. The molecule has 0 aliphatic heterocycles. The Hall–Kier alpha value is -2.93. The van der Waals surface area contributed by atoms with E-state index in [1.54, 1.807) is 0 Å². The first-order valence-electron chi connectivity index (χ1n) is 9.23. The minimum Gasteiger partial charge on any atom is -0.338 e. The molecule has 28 heavy (non-hydrogen) atoms. The molecule has 1 fully saturated rings. The highest BCUT2D eigenvalue weighted by Crippen LogP contribution is 2.37. The third-order valence-electron chi connectivity index (χ3n) is 4.87. The predicted octanol–water partition coefficient (Wildman–Crippen LogP) is 4.38. The van der Waals surface area contributed by atoms with Crippen molar-refractivity contribution in [3.8, 4) is 11.4 Å². The molecule has 0 radical (unpaired) electrons. The van der Waals surface area contributed by atoms with Crippen LogP contribution in [0.15, 0.2) is 63.0 Å². The maximum absolute atomic E-state index is 12.9. The minimum atomic E-state index is 0.0294. The molecule has 2 aromatic carbocycles. The third kappa shape index (κ3) is 3.11. The number of para-hydroxylation sites is 1. The van der Waals surface area contributed by atoms with Crippen molar-refractivity contribution in [1.82, 2.24) is 19.7 Å². The van der Waals surface area contributed by atoms with Gasteiger partial charge in [0.2, 0.25) is 11.7 Å². The molecule has 4 aromatic rings. The zero-order valence-corrected chi connectivity index (χ0v) is 16.1. The van der Waals surface area contributed by atoms with Gasteiger partial charge in [0.1, 0.15) is 0 Å². The van der Waals surface area contributed by atoms with Gasteiger partial charge in [-0.05, 0) is 37.5 Å². The van der Waals surface area contributed by atoms with Crippen LogP contribution >= 0.6 is 11.8 Å². The van der Waals surface area contributed by atoms with Crippen molar-refractivity contribution < 1.29 is 4.52 Å². The fourth-order valence-electron chi connectivity index (χ4n) is 3.26. The van der Waals surface area contributed by atoms with Crippen LogP contribution in [0.2, 0.25) is 0 Å². The summed E-state index contributed by atoms with van der Waals surface area (Å²) in [5.74, 6) is 1.57. The van der Waals surface area contributed by atoms with Crippen molar-refractivity contribution in [3.05, 3.63) is 70.3 Å². The normalized spacial score (nSPS) is 13.9.